The molecule has 0 aliphatic carbocycles. The van der Waals surface area contributed by atoms with Crippen LogP contribution in [0, 0.1) is 11.3 Å². The topological polar surface area (TPSA) is 84.8 Å². The largest absolute Gasteiger partial charge is 0.438 e. The maximum atomic E-state index is 12.7. The van der Waals surface area contributed by atoms with Gasteiger partial charge in [0.1, 0.15) is 29.0 Å². The van der Waals surface area contributed by atoms with Gasteiger partial charge in [0, 0.05) is 12.1 Å². The molecule has 0 saturated carbocycles. The lowest BCUT2D eigenvalue weighted by Gasteiger charge is -2.09. The third kappa shape index (κ3) is 3.16. The van der Waals surface area contributed by atoms with Crippen molar-refractivity contribution in [1.82, 2.24) is 15.1 Å². The van der Waals surface area contributed by atoms with Crippen molar-refractivity contribution >= 4 is 11.6 Å². The van der Waals surface area contributed by atoms with E-state index in [1.807, 2.05) is 6.07 Å². The van der Waals surface area contributed by atoms with Crippen LogP contribution >= 0.6 is 11.6 Å². The van der Waals surface area contributed by atoms with Gasteiger partial charge in [-0.05, 0) is 12.1 Å². The quantitative estimate of drug-likeness (QED) is 0.650. The molecule has 0 fully saturated rings. The van der Waals surface area contributed by atoms with Crippen LogP contribution in [0.3, 0.4) is 0 Å². The van der Waals surface area contributed by atoms with Crippen molar-refractivity contribution in [3.8, 4) is 29.0 Å². The van der Waals surface area contributed by atoms with Gasteiger partial charge in [-0.15, -0.1) is 0 Å². The molecule has 2 heterocycles. The van der Waals surface area contributed by atoms with Crippen LogP contribution in [0.1, 0.15) is 17.7 Å². The van der Waals surface area contributed by atoms with E-state index in [1.165, 1.54) is 24.5 Å². The molecule has 0 amide bonds. The second-order valence-electron chi connectivity index (χ2n) is 4.49. The number of ether oxygens (including phenoxy) is 1. The van der Waals surface area contributed by atoms with Crippen LogP contribution in [0.15, 0.2) is 41.2 Å². The summed E-state index contributed by atoms with van der Waals surface area (Å²) in [7, 11) is 0. The average molecular weight is 349 g/mol. The normalized spacial score (nSPS) is 10.6. The number of nitriles is 1. The maximum absolute atomic E-state index is 12.7. The van der Waals surface area contributed by atoms with Crippen molar-refractivity contribution in [1.29, 1.82) is 5.26 Å². The van der Waals surface area contributed by atoms with Crippen LogP contribution in [0.2, 0.25) is 5.15 Å². The highest BCUT2D eigenvalue weighted by atomic mass is 35.5. The number of aromatic nitrogens is 3. The van der Waals surface area contributed by atoms with Crippen LogP contribution in [-0.4, -0.2) is 15.1 Å². The Labute approximate surface area is 139 Å². The number of nitrogens with zero attached hydrogens (tertiary/aromatic N) is 4. The third-order valence-corrected chi connectivity index (χ3v) is 3.17. The number of alkyl halides is 2. The Morgan fingerprint density at radius 1 is 1.25 bits per heavy atom. The van der Waals surface area contributed by atoms with Crippen LogP contribution in [0.5, 0.6) is 11.6 Å². The van der Waals surface area contributed by atoms with Crippen LogP contribution in [0.4, 0.5) is 8.78 Å². The first kappa shape index (κ1) is 15.8. The molecule has 1 aromatic carbocycles. The molecule has 0 saturated heterocycles. The Morgan fingerprint density at radius 3 is 2.75 bits per heavy atom. The van der Waals surface area contributed by atoms with Gasteiger partial charge < -0.3 is 9.26 Å². The highest BCUT2D eigenvalue weighted by Gasteiger charge is 2.21. The molecule has 0 radical (unpaired) electrons. The molecule has 0 aliphatic heterocycles. The third-order valence-electron chi connectivity index (χ3n) is 2.97. The molecule has 0 bridgehead atoms. The minimum Gasteiger partial charge on any atom is -0.438 e. The summed E-state index contributed by atoms with van der Waals surface area (Å²) < 4.78 is 36.0. The SMILES string of the molecule is N#Cc1cccc(Oc2cc(Cl)ncn2)c1-c1cc(C(F)F)no1. The van der Waals surface area contributed by atoms with Crippen LogP contribution < -0.4 is 4.74 Å². The first-order chi connectivity index (χ1) is 11.6. The van der Waals surface area contributed by atoms with Gasteiger partial charge in [-0.2, -0.15) is 5.26 Å². The highest BCUT2D eigenvalue weighted by Crippen LogP contribution is 2.37. The molecular weight excluding hydrogens is 342 g/mol. The van der Waals surface area contributed by atoms with E-state index < -0.39 is 12.1 Å². The fraction of sp³-hybridized carbons (Fsp3) is 0.0667. The number of halogens is 3. The van der Waals surface area contributed by atoms with Crippen molar-refractivity contribution in [3.05, 3.63) is 53.1 Å². The summed E-state index contributed by atoms with van der Waals surface area (Å²) in [5.74, 6) is 0.290. The Balaban J connectivity index is 2.08. The summed E-state index contributed by atoms with van der Waals surface area (Å²) in [6.07, 6.45) is -1.59. The summed E-state index contributed by atoms with van der Waals surface area (Å²) in [5.41, 5.74) is -0.174. The fourth-order valence-corrected chi connectivity index (χ4v) is 2.10. The minimum atomic E-state index is -2.79. The number of benzene rings is 1. The second-order valence-corrected chi connectivity index (χ2v) is 4.88. The number of hydrogen-bond acceptors (Lipinski definition) is 6. The summed E-state index contributed by atoms with van der Waals surface area (Å²) in [4.78, 5) is 7.62. The van der Waals surface area contributed by atoms with Crippen molar-refractivity contribution in [2.75, 3.05) is 0 Å². The molecule has 2 aromatic heterocycles. The second kappa shape index (κ2) is 6.60. The molecule has 6 nitrogen and oxygen atoms in total. The van der Waals surface area contributed by atoms with Gasteiger partial charge in [-0.3, -0.25) is 0 Å². The van der Waals surface area contributed by atoms with Crippen molar-refractivity contribution in [2.24, 2.45) is 0 Å². The zero-order valence-electron chi connectivity index (χ0n) is 11.8. The smallest absolute Gasteiger partial charge is 0.283 e. The van der Waals surface area contributed by atoms with Gasteiger partial charge >= 0.3 is 0 Å². The molecule has 3 aromatic rings. The summed E-state index contributed by atoms with van der Waals surface area (Å²) in [6, 6.07) is 8.99. The monoisotopic (exact) mass is 348 g/mol. The molecule has 0 N–H and O–H groups in total. The molecule has 0 aliphatic rings. The average Bonchev–Trinajstić information content (AvgIpc) is 3.04. The van der Waals surface area contributed by atoms with Crippen molar-refractivity contribution in [2.45, 2.75) is 6.43 Å². The van der Waals surface area contributed by atoms with Gasteiger partial charge in [-0.25, -0.2) is 18.7 Å². The van der Waals surface area contributed by atoms with Crippen LogP contribution in [0.25, 0.3) is 11.3 Å². The van der Waals surface area contributed by atoms with Crippen molar-refractivity contribution in [3.63, 3.8) is 0 Å². The maximum Gasteiger partial charge on any atom is 0.283 e. The van der Waals surface area contributed by atoms with Gasteiger partial charge in [0.2, 0.25) is 5.88 Å². The lowest BCUT2D eigenvalue weighted by Crippen LogP contribution is -1.93. The van der Waals surface area contributed by atoms with Gasteiger partial charge in [-0.1, -0.05) is 22.8 Å². The summed E-state index contributed by atoms with van der Waals surface area (Å²) >= 11 is 5.77. The molecule has 0 atom stereocenters. The predicted octanol–water partition coefficient (Wildman–Crippen LogP) is 4.39. The molecule has 9 heteroatoms. The van der Waals surface area contributed by atoms with E-state index in [2.05, 4.69) is 15.1 Å². The molecule has 3 rings (SSSR count). The predicted molar refractivity (Wildman–Crippen MR) is 78.7 cm³/mol. The first-order valence-corrected chi connectivity index (χ1v) is 6.90. The van der Waals surface area contributed by atoms with Crippen molar-refractivity contribution < 1.29 is 18.0 Å². The van der Waals surface area contributed by atoms with E-state index in [0.717, 1.165) is 6.07 Å². The molecular formula is C15H7ClF2N4O2. The van der Waals surface area contributed by atoms with E-state index in [4.69, 9.17) is 20.9 Å². The van der Waals surface area contributed by atoms with E-state index in [1.54, 1.807) is 6.07 Å². The lowest BCUT2D eigenvalue weighted by atomic mass is 10.0. The van der Waals surface area contributed by atoms with E-state index in [9.17, 15) is 14.0 Å². The molecule has 0 spiro atoms. The Bertz CT molecular complexity index is 924. The zero-order valence-corrected chi connectivity index (χ0v) is 12.5. The Morgan fingerprint density at radius 2 is 2.08 bits per heavy atom. The Kier molecular flexibility index (Phi) is 4.35. The van der Waals surface area contributed by atoms with E-state index in [-0.39, 0.29) is 33.7 Å². The standard InChI is InChI=1S/C15H7ClF2N4O2/c16-12-5-13(21-7-20-12)23-10-3-1-2-8(6-19)14(10)11-4-9(15(17)18)22-24-11/h1-5,7,15H. The Hall–Kier alpha value is -3.05. The van der Waals surface area contributed by atoms with Gasteiger partial charge in [0.25, 0.3) is 6.43 Å². The molecule has 0 unspecified atom stereocenters. The van der Waals surface area contributed by atoms with Gasteiger partial charge in [0.15, 0.2) is 5.76 Å². The summed E-state index contributed by atoms with van der Waals surface area (Å²) in [5, 5.41) is 12.7. The first-order valence-electron chi connectivity index (χ1n) is 6.52. The van der Waals surface area contributed by atoms with Crippen LogP contribution in [-0.2, 0) is 0 Å². The van der Waals surface area contributed by atoms with Gasteiger partial charge in [0.05, 0.1) is 11.1 Å². The van der Waals surface area contributed by atoms with E-state index >= 15 is 0 Å². The number of rotatable bonds is 4. The summed E-state index contributed by atoms with van der Waals surface area (Å²) in [6.45, 7) is 0. The fourth-order valence-electron chi connectivity index (χ4n) is 1.96. The zero-order chi connectivity index (χ0) is 17.1. The lowest BCUT2D eigenvalue weighted by molar-refractivity contribution is 0.140. The molecule has 24 heavy (non-hydrogen) atoms. The number of hydrogen-bond donors (Lipinski definition) is 0. The molecule has 120 valence electrons. The minimum absolute atomic E-state index is 0.0161. The van der Waals surface area contributed by atoms with E-state index in [0.29, 0.717) is 0 Å². The highest BCUT2D eigenvalue weighted by molar-refractivity contribution is 6.29.